The first-order valence-electron chi connectivity index (χ1n) is 7.98. The van der Waals surface area contributed by atoms with Crippen molar-refractivity contribution in [3.63, 3.8) is 0 Å². The summed E-state index contributed by atoms with van der Waals surface area (Å²) in [5.41, 5.74) is 5.37. The zero-order valence-corrected chi connectivity index (χ0v) is 13.7. The normalized spacial score (nSPS) is 25.0. The van der Waals surface area contributed by atoms with E-state index in [1.165, 1.54) is 12.8 Å². The fourth-order valence-corrected chi connectivity index (χ4v) is 3.69. The summed E-state index contributed by atoms with van der Waals surface area (Å²) in [4.78, 5) is 0.192. The highest BCUT2D eigenvalue weighted by molar-refractivity contribution is 7.86. The highest BCUT2D eigenvalue weighted by Crippen LogP contribution is 2.34. The molecule has 3 rings (SSSR count). The van der Waals surface area contributed by atoms with Gasteiger partial charge in [0.2, 0.25) is 0 Å². The minimum absolute atomic E-state index is 0.120. The maximum absolute atomic E-state index is 12.1. The van der Waals surface area contributed by atoms with Crippen LogP contribution >= 0.6 is 0 Å². The van der Waals surface area contributed by atoms with Crippen molar-refractivity contribution in [2.24, 2.45) is 5.92 Å². The number of benzene rings is 1. The molecule has 0 amide bonds. The minimum atomic E-state index is -3.72. The van der Waals surface area contributed by atoms with E-state index in [0.717, 1.165) is 31.2 Å². The first kappa shape index (κ1) is 15.7. The van der Waals surface area contributed by atoms with Crippen LogP contribution in [0.1, 0.15) is 44.1 Å². The molecule has 120 valence electrons. The van der Waals surface area contributed by atoms with Crippen LogP contribution in [0.2, 0.25) is 0 Å². The standard InChI is InChI=1S/C17H23NO3S/c1-13-2-10-17(11-3-13)22(19,20)21-18-16-8-6-15(7-9-16)12-14-4-5-14/h2-3,10-12,15-16,18H,4-9H2,1H3. The van der Waals surface area contributed by atoms with E-state index in [1.807, 2.05) is 6.92 Å². The van der Waals surface area contributed by atoms with Crippen LogP contribution in [-0.2, 0) is 14.4 Å². The second-order valence-electron chi connectivity index (χ2n) is 6.40. The summed E-state index contributed by atoms with van der Waals surface area (Å²) < 4.78 is 29.3. The highest BCUT2D eigenvalue weighted by atomic mass is 32.2. The topological polar surface area (TPSA) is 55.4 Å². The van der Waals surface area contributed by atoms with Gasteiger partial charge in [-0.3, -0.25) is 0 Å². The molecule has 1 aromatic rings. The molecule has 0 radical (unpaired) electrons. The quantitative estimate of drug-likeness (QED) is 0.666. The lowest BCUT2D eigenvalue weighted by Gasteiger charge is -2.26. The number of nitrogens with one attached hydrogen (secondary N) is 1. The highest BCUT2D eigenvalue weighted by Gasteiger charge is 2.24. The van der Waals surface area contributed by atoms with E-state index in [-0.39, 0.29) is 10.9 Å². The largest absolute Gasteiger partial charge is 0.312 e. The Bertz CT molecular complexity index is 635. The van der Waals surface area contributed by atoms with Crippen molar-refractivity contribution < 1.29 is 12.7 Å². The Kier molecular flexibility index (Phi) is 4.66. The fourth-order valence-electron chi connectivity index (χ4n) is 2.86. The third-order valence-electron chi connectivity index (χ3n) is 4.42. The van der Waals surface area contributed by atoms with Crippen molar-refractivity contribution >= 4 is 10.1 Å². The summed E-state index contributed by atoms with van der Waals surface area (Å²) in [6.45, 7) is 1.92. The molecule has 0 heterocycles. The predicted octanol–water partition coefficient (Wildman–Crippen LogP) is 3.48. The SMILES string of the molecule is Cc1ccc(S(=O)(=O)ONC2CCC(C=C3CC3)CC2)cc1. The Morgan fingerprint density at radius 3 is 2.32 bits per heavy atom. The Morgan fingerprint density at radius 2 is 1.73 bits per heavy atom. The van der Waals surface area contributed by atoms with Gasteiger partial charge in [0.25, 0.3) is 0 Å². The van der Waals surface area contributed by atoms with Crippen LogP contribution < -0.4 is 5.48 Å². The lowest BCUT2D eigenvalue weighted by Crippen LogP contribution is -2.34. The lowest BCUT2D eigenvalue weighted by molar-refractivity contribution is 0.133. The van der Waals surface area contributed by atoms with Crippen molar-refractivity contribution in [3.8, 4) is 0 Å². The van der Waals surface area contributed by atoms with Gasteiger partial charge in [0, 0.05) is 6.04 Å². The first-order valence-corrected chi connectivity index (χ1v) is 9.39. The number of allylic oxidation sites excluding steroid dienone is 2. The summed E-state index contributed by atoms with van der Waals surface area (Å²) in [5, 5.41) is 0. The Balaban J connectivity index is 1.50. The number of hydroxylamine groups is 1. The van der Waals surface area contributed by atoms with Crippen molar-refractivity contribution in [1.82, 2.24) is 5.48 Å². The van der Waals surface area contributed by atoms with Gasteiger partial charge in [-0.25, -0.2) is 0 Å². The van der Waals surface area contributed by atoms with Crippen LogP contribution in [0.4, 0.5) is 0 Å². The van der Waals surface area contributed by atoms with E-state index in [0.29, 0.717) is 5.92 Å². The van der Waals surface area contributed by atoms with Crippen molar-refractivity contribution in [2.45, 2.75) is 56.4 Å². The molecule has 0 spiro atoms. The second kappa shape index (κ2) is 6.52. The van der Waals surface area contributed by atoms with Crippen molar-refractivity contribution in [2.75, 3.05) is 0 Å². The maximum Gasteiger partial charge on any atom is 0.312 e. The Labute approximate surface area is 132 Å². The van der Waals surface area contributed by atoms with Gasteiger partial charge in [0.1, 0.15) is 0 Å². The molecule has 0 unspecified atom stereocenters. The van der Waals surface area contributed by atoms with Gasteiger partial charge < -0.3 is 0 Å². The predicted molar refractivity (Wildman–Crippen MR) is 85.6 cm³/mol. The van der Waals surface area contributed by atoms with Crippen LogP contribution in [0.25, 0.3) is 0 Å². The van der Waals surface area contributed by atoms with Gasteiger partial charge in [-0.1, -0.05) is 29.3 Å². The average Bonchev–Trinajstić information content (AvgIpc) is 3.31. The van der Waals surface area contributed by atoms with Gasteiger partial charge in [0.15, 0.2) is 0 Å². The second-order valence-corrected chi connectivity index (χ2v) is 7.95. The number of aryl methyl sites for hydroxylation is 1. The third kappa shape index (κ3) is 4.18. The summed E-state index contributed by atoms with van der Waals surface area (Å²) >= 11 is 0. The molecule has 4 nitrogen and oxygen atoms in total. The molecule has 2 fully saturated rings. The molecular weight excluding hydrogens is 298 g/mol. The Morgan fingerprint density at radius 1 is 1.09 bits per heavy atom. The lowest BCUT2D eigenvalue weighted by atomic mass is 9.86. The first-order chi connectivity index (χ1) is 10.5. The van der Waals surface area contributed by atoms with Crippen molar-refractivity contribution in [1.29, 1.82) is 0 Å². The van der Waals surface area contributed by atoms with E-state index in [1.54, 1.807) is 29.8 Å². The molecule has 0 saturated heterocycles. The molecule has 22 heavy (non-hydrogen) atoms. The number of rotatable bonds is 5. The average molecular weight is 321 g/mol. The van der Waals surface area contributed by atoms with Crippen LogP contribution in [0, 0.1) is 12.8 Å². The van der Waals surface area contributed by atoms with Gasteiger partial charge in [-0.2, -0.15) is 18.2 Å². The van der Waals surface area contributed by atoms with Crippen molar-refractivity contribution in [3.05, 3.63) is 41.5 Å². The zero-order valence-electron chi connectivity index (χ0n) is 12.9. The monoisotopic (exact) mass is 321 g/mol. The summed E-state index contributed by atoms with van der Waals surface area (Å²) in [6.07, 6.45) is 9.09. The summed E-state index contributed by atoms with van der Waals surface area (Å²) in [7, 11) is -3.72. The fraction of sp³-hybridized carbons (Fsp3) is 0.529. The number of hydrogen-bond acceptors (Lipinski definition) is 4. The van der Waals surface area contributed by atoms with E-state index in [9.17, 15) is 8.42 Å². The molecule has 0 aromatic heterocycles. The Hall–Kier alpha value is -1.17. The molecule has 5 heteroatoms. The van der Waals surface area contributed by atoms with E-state index >= 15 is 0 Å². The molecule has 0 atom stereocenters. The van der Waals surface area contributed by atoms with Gasteiger partial charge in [0.05, 0.1) is 4.90 Å². The molecule has 2 aliphatic carbocycles. The summed E-state index contributed by atoms with van der Waals surface area (Å²) in [5.74, 6) is 0.671. The van der Waals surface area contributed by atoms with Gasteiger partial charge in [-0.05, 0) is 63.5 Å². The van der Waals surface area contributed by atoms with Gasteiger partial charge >= 0.3 is 10.1 Å². The van der Waals surface area contributed by atoms with Crippen LogP contribution in [0.5, 0.6) is 0 Å². The molecule has 0 aliphatic heterocycles. The third-order valence-corrected chi connectivity index (χ3v) is 5.58. The van der Waals surface area contributed by atoms with Crippen LogP contribution in [0.3, 0.4) is 0 Å². The van der Waals surface area contributed by atoms with Gasteiger partial charge in [-0.15, -0.1) is 0 Å². The zero-order chi connectivity index (χ0) is 15.6. The molecule has 2 aliphatic rings. The minimum Gasteiger partial charge on any atom is -0.192 e. The molecule has 0 bridgehead atoms. The summed E-state index contributed by atoms with van der Waals surface area (Å²) in [6, 6.07) is 6.81. The molecular formula is C17H23NO3S. The molecule has 1 N–H and O–H groups in total. The van der Waals surface area contributed by atoms with Crippen LogP contribution in [-0.4, -0.2) is 14.5 Å². The van der Waals surface area contributed by atoms with Crippen LogP contribution in [0.15, 0.2) is 40.8 Å². The van der Waals surface area contributed by atoms with E-state index < -0.39 is 10.1 Å². The van der Waals surface area contributed by atoms with E-state index in [2.05, 4.69) is 11.6 Å². The molecule has 2 saturated carbocycles. The van der Waals surface area contributed by atoms with E-state index in [4.69, 9.17) is 4.28 Å². The smallest absolute Gasteiger partial charge is 0.192 e. The number of hydrogen-bond donors (Lipinski definition) is 1. The molecule has 1 aromatic carbocycles. The maximum atomic E-state index is 12.1.